The summed E-state index contributed by atoms with van der Waals surface area (Å²) in [5.41, 5.74) is 2.48. The molecule has 4 nitrogen and oxygen atoms in total. The molecule has 0 aromatic heterocycles. The van der Waals surface area contributed by atoms with Crippen molar-refractivity contribution in [1.82, 2.24) is 0 Å². The molecule has 0 aliphatic carbocycles. The molecular formula is C23H22Cl2O4. The van der Waals surface area contributed by atoms with Crippen LogP contribution in [0.1, 0.15) is 25.0 Å². The number of halogens is 2. The minimum Gasteiger partial charge on any atom is -0.490 e. The second-order valence-corrected chi connectivity index (χ2v) is 7.11. The summed E-state index contributed by atoms with van der Waals surface area (Å²) in [6, 6.07) is 12.5. The zero-order chi connectivity index (χ0) is 21.2. The van der Waals surface area contributed by atoms with Gasteiger partial charge in [0.1, 0.15) is 12.4 Å². The summed E-state index contributed by atoms with van der Waals surface area (Å²) >= 11 is 11.9. The van der Waals surface area contributed by atoms with Gasteiger partial charge in [0.25, 0.3) is 0 Å². The number of hydrogen-bond acceptors (Lipinski definition) is 3. The molecule has 0 heterocycles. The molecule has 0 amide bonds. The number of aliphatic carboxylic acids is 1. The number of hydrogen-bond donors (Lipinski definition) is 1. The van der Waals surface area contributed by atoms with Gasteiger partial charge in [-0.25, -0.2) is 4.79 Å². The van der Waals surface area contributed by atoms with Crippen molar-refractivity contribution >= 4 is 29.2 Å². The fourth-order valence-corrected chi connectivity index (χ4v) is 2.99. The molecule has 2 rings (SSSR count). The van der Waals surface area contributed by atoms with Crippen LogP contribution in [-0.2, 0) is 16.0 Å². The van der Waals surface area contributed by atoms with Crippen LogP contribution in [-0.4, -0.2) is 30.4 Å². The summed E-state index contributed by atoms with van der Waals surface area (Å²) in [5.74, 6) is 5.78. The Kier molecular flexibility index (Phi) is 9.08. The van der Waals surface area contributed by atoms with Gasteiger partial charge in [-0.3, -0.25) is 0 Å². The molecule has 29 heavy (non-hydrogen) atoms. The average molecular weight is 433 g/mol. The molecule has 0 saturated heterocycles. The van der Waals surface area contributed by atoms with Crippen LogP contribution in [0, 0.1) is 11.8 Å². The standard InChI is InChI=1S/C23H22Cl2O4/c1-3-28-22(23(26)27)14-17-6-8-21(9-7-17)29-11-10-16(2)4-5-18-12-19(24)15-20(25)13-18/h6-10,12-13,15,22H,3,11,14H2,1-2H3,(H,26,27)/t22-/m0/s1. The van der Waals surface area contributed by atoms with E-state index in [1.165, 1.54) is 0 Å². The number of rotatable bonds is 8. The Labute approximate surface area is 181 Å². The van der Waals surface area contributed by atoms with E-state index in [-0.39, 0.29) is 0 Å². The molecule has 0 bridgehead atoms. The van der Waals surface area contributed by atoms with Gasteiger partial charge in [-0.05, 0) is 61.4 Å². The van der Waals surface area contributed by atoms with Gasteiger partial charge in [-0.15, -0.1) is 0 Å². The van der Waals surface area contributed by atoms with Gasteiger partial charge < -0.3 is 14.6 Å². The van der Waals surface area contributed by atoms with Crippen molar-refractivity contribution in [3.05, 3.63) is 75.3 Å². The Morgan fingerprint density at radius 1 is 1.17 bits per heavy atom. The molecule has 1 N–H and O–H groups in total. The van der Waals surface area contributed by atoms with Crippen molar-refractivity contribution in [2.24, 2.45) is 0 Å². The largest absolute Gasteiger partial charge is 0.490 e. The molecule has 0 fully saturated rings. The highest BCUT2D eigenvalue weighted by atomic mass is 35.5. The van der Waals surface area contributed by atoms with Crippen LogP contribution in [0.2, 0.25) is 10.0 Å². The maximum Gasteiger partial charge on any atom is 0.333 e. The highest BCUT2D eigenvalue weighted by molar-refractivity contribution is 6.34. The van der Waals surface area contributed by atoms with E-state index in [9.17, 15) is 4.79 Å². The number of benzene rings is 2. The van der Waals surface area contributed by atoms with E-state index in [4.69, 9.17) is 37.8 Å². The lowest BCUT2D eigenvalue weighted by atomic mass is 10.1. The SMILES string of the molecule is CCO[C@@H](Cc1ccc(OCC=C(C)C#Cc2cc(Cl)cc(Cl)c2)cc1)C(=O)O. The maximum atomic E-state index is 11.2. The highest BCUT2D eigenvalue weighted by Gasteiger charge is 2.17. The highest BCUT2D eigenvalue weighted by Crippen LogP contribution is 2.18. The molecular weight excluding hydrogens is 411 g/mol. The van der Waals surface area contributed by atoms with Crippen molar-refractivity contribution in [2.75, 3.05) is 13.2 Å². The van der Waals surface area contributed by atoms with Gasteiger partial charge in [0.15, 0.2) is 6.10 Å². The topological polar surface area (TPSA) is 55.8 Å². The zero-order valence-corrected chi connectivity index (χ0v) is 17.8. The average Bonchev–Trinajstić information content (AvgIpc) is 2.66. The molecule has 2 aromatic carbocycles. The van der Waals surface area contributed by atoms with Gasteiger partial charge in [-0.2, -0.15) is 0 Å². The fourth-order valence-electron chi connectivity index (χ4n) is 2.47. The van der Waals surface area contributed by atoms with Crippen LogP contribution < -0.4 is 4.74 Å². The van der Waals surface area contributed by atoms with Gasteiger partial charge in [0, 0.05) is 28.6 Å². The van der Waals surface area contributed by atoms with Crippen LogP contribution >= 0.6 is 23.2 Å². The van der Waals surface area contributed by atoms with Crippen LogP contribution in [0.3, 0.4) is 0 Å². The first-order valence-corrected chi connectivity index (χ1v) is 9.84. The molecule has 2 aromatic rings. The van der Waals surface area contributed by atoms with Gasteiger partial charge >= 0.3 is 5.97 Å². The van der Waals surface area contributed by atoms with Crippen molar-refractivity contribution in [1.29, 1.82) is 0 Å². The van der Waals surface area contributed by atoms with E-state index in [0.29, 0.717) is 35.4 Å². The number of carbonyl (C=O) groups is 1. The third-order valence-corrected chi connectivity index (χ3v) is 4.33. The first kappa shape index (κ1) is 22.8. The van der Waals surface area contributed by atoms with E-state index in [1.807, 2.05) is 37.3 Å². The van der Waals surface area contributed by atoms with Crippen molar-refractivity contribution in [2.45, 2.75) is 26.4 Å². The van der Waals surface area contributed by atoms with Crippen LogP contribution in [0.5, 0.6) is 5.75 Å². The van der Waals surface area contributed by atoms with Crippen LogP contribution in [0.15, 0.2) is 54.1 Å². The van der Waals surface area contributed by atoms with Crippen molar-refractivity contribution in [3.8, 4) is 17.6 Å². The molecule has 152 valence electrons. The van der Waals surface area contributed by atoms with Gasteiger partial charge in [0.2, 0.25) is 0 Å². The number of allylic oxidation sites excluding steroid dienone is 1. The lowest BCUT2D eigenvalue weighted by Gasteiger charge is -2.12. The summed E-state index contributed by atoms with van der Waals surface area (Å²) < 4.78 is 10.9. The number of ether oxygens (including phenoxy) is 2. The monoisotopic (exact) mass is 432 g/mol. The Bertz CT molecular complexity index is 904. The summed E-state index contributed by atoms with van der Waals surface area (Å²) in [6.45, 7) is 4.40. The molecule has 6 heteroatoms. The van der Waals surface area contributed by atoms with Gasteiger partial charge in [0.05, 0.1) is 0 Å². The lowest BCUT2D eigenvalue weighted by molar-refractivity contribution is -0.149. The summed E-state index contributed by atoms with van der Waals surface area (Å²) in [5, 5.41) is 10.2. The zero-order valence-electron chi connectivity index (χ0n) is 16.2. The first-order chi connectivity index (χ1) is 13.9. The van der Waals surface area contributed by atoms with E-state index in [0.717, 1.165) is 16.7 Å². The Hall–Kier alpha value is -2.45. The van der Waals surface area contributed by atoms with E-state index < -0.39 is 12.1 Å². The van der Waals surface area contributed by atoms with Crippen LogP contribution in [0.4, 0.5) is 0 Å². The second kappa shape index (κ2) is 11.5. The van der Waals surface area contributed by atoms with Crippen molar-refractivity contribution in [3.63, 3.8) is 0 Å². The number of carboxylic acids is 1. The molecule has 0 aliphatic heterocycles. The van der Waals surface area contributed by atoms with E-state index >= 15 is 0 Å². The number of carboxylic acid groups (broad SMARTS) is 1. The second-order valence-electron chi connectivity index (χ2n) is 6.24. The molecule has 0 radical (unpaired) electrons. The minimum absolute atomic E-state index is 0.311. The Morgan fingerprint density at radius 2 is 1.83 bits per heavy atom. The Balaban J connectivity index is 1.89. The minimum atomic E-state index is -0.964. The first-order valence-electron chi connectivity index (χ1n) is 9.08. The predicted octanol–water partition coefficient (Wildman–Crippen LogP) is 5.40. The predicted molar refractivity (Wildman–Crippen MR) is 116 cm³/mol. The molecule has 0 spiro atoms. The molecule has 0 saturated carbocycles. The summed E-state index contributed by atoms with van der Waals surface area (Å²) in [6.07, 6.45) is 1.35. The smallest absolute Gasteiger partial charge is 0.333 e. The van der Waals surface area contributed by atoms with Crippen LogP contribution in [0.25, 0.3) is 0 Å². The maximum absolute atomic E-state index is 11.2. The molecule has 0 unspecified atom stereocenters. The lowest BCUT2D eigenvalue weighted by Crippen LogP contribution is -2.26. The van der Waals surface area contributed by atoms with E-state index in [2.05, 4.69) is 11.8 Å². The van der Waals surface area contributed by atoms with Gasteiger partial charge in [-0.1, -0.05) is 47.2 Å². The third-order valence-electron chi connectivity index (χ3n) is 3.89. The Morgan fingerprint density at radius 3 is 2.41 bits per heavy atom. The molecule has 0 aliphatic rings. The van der Waals surface area contributed by atoms with E-state index in [1.54, 1.807) is 25.1 Å². The summed E-state index contributed by atoms with van der Waals surface area (Å²) in [4.78, 5) is 11.2. The normalized spacial score (nSPS) is 12.1. The third kappa shape index (κ3) is 8.21. The summed E-state index contributed by atoms with van der Waals surface area (Å²) in [7, 11) is 0. The quantitative estimate of drug-likeness (QED) is 0.567. The van der Waals surface area contributed by atoms with Crippen molar-refractivity contribution < 1.29 is 19.4 Å². The molecule has 1 atom stereocenters. The fraction of sp³-hybridized carbons (Fsp3) is 0.261.